The summed E-state index contributed by atoms with van der Waals surface area (Å²) < 4.78 is 0. The first-order valence-electron chi connectivity index (χ1n) is 3.78. The molecule has 0 saturated carbocycles. The quantitative estimate of drug-likeness (QED) is 0.447. The summed E-state index contributed by atoms with van der Waals surface area (Å²) in [5, 5.41) is 10.9. The van der Waals surface area contributed by atoms with Crippen LogP contribution in [0.2, 0.25) is 0 Å². The van der Waals surface area contributed by atoms with Crippen LogP contribution in [-0.2, 0) is 0 Å². The van der Waals surface area contributed by atoms with E-state index in [2.05, 4.69) is 10.2 Å². The van der Waals surface area contributed by atoms with Gasteiger partial charge in [-0.05, 0) is 25.9 Å². The maximum Gasteiger partial charge on any atom is 0.177 e. The van der Waals surface area contributed by atoms with Crippen molar-refractivity contribution in [1.29, 1.82) is 5.26 Å². The van der Waals surface area contributed by atoms with Crippen molar-refractivity contribution in [1.82, 2.24) is 10.2 Å². The molecule has 3 heteroatoms. The zero-order valence-electron chi connectivity index (χ0n) is 6.14. The molecule has 0 aromatic rings. The zero-order chi connectivity index (χ0) is 7.23. The Morgan fingerprint density at radius 2 is 2.00 bits per heavy atom. The summed E-state index contributed by atoms with van der Waals surface area (Å²) in [6.07, 6.45) is 5.84. The lowest BCUT2D eigenvalue weighted by molar-refractivity contribution is 0.223. The molecule has 1 fully saturated rings. The second-order valence-electron chi connectivity index (χ2n) is 2.63. The normalized spacial score (nSPS) is 19.9. The summed E-state index contributed by atoms with van der Waals surface area (Å²) in [7, 11) is 0. The SMILES string of the molecule is N#CNCN1CCCCC1. The first kappa shape index (κ1) is 7.36. The number of likely N-dealkylation sites (tertiary alicyclic amines) is 1. The van der Waals surface area contributed by atoms with Crippen LogP contribution in [-0.4, -0.2) is 24.7 Å². The Hall–Kier alpha value is -0.750. The molecule has 0 atom stereocenters. The van der Waals surface area contributed by atoms with Gasteiger partial charge in [0.2, 0.25) is 0 Å². The Kier molecular flexibility index (Phi) is 3.04. The van der Waals surface area contributed by atoms with E-state index in [0.717, 1.165) is 19.8 Å². The molecule has 1 rings (SSSR count). The highest BCUT2D eigenvalue weighted by Gasteiger charge is 2.07. The van der Waals surface area contributed by atoms with E-state index in [1.165, 1.54) is 19.3 Å². The second-order valence-corrected chi connectivity index (χ2v) is 2.63. The van der Waals surface area contributed by atoms with E-state index in [1.807, 2.05) is 6.19 Å². The van der Waals surface area contributed by atoms with Gasteiger partial charge < -0.3 is 5.32 Å². The summed E-state index contributed by atoms with van der Waals surface area (Å²) in [5.74, 6) is 0. The number of nitrogens with zero attached hydrogens (tertiary/aromatic N) is 2. The van der Waals surface area contributed by atoms with Crippen molar-refractivity contribution in [3.8, 4) is 6.19 Å². The number of rotatable bonds is 2. The molecule has 0 aromatic carbocycles. The number of nitriles is 1. The number of hydrogen-bond donors (Lipinski definition) is 1. The fourth-order valence-electron chi connectivity index (χ4n) is 1.26. The van der Waals surface area contributed by atoms with Crippen molar-refractivity contribution in [2.24, 2.45) is 0 Å². The van der Waals surface area contributed by atoms with E-state index in [9.17, 15) is 0 Å². The number of hydrogen-bond acceptors (Lipinski definition) is 3. The summed E-state index contributed by atoms with van der Waals surface area (Å²) in [4.78, 5) is 2.27. The van der Waals surface area contributed by atoms with E-state index in [-0.39, 0.29) is 0 Å². The topological polar surface area (TPSA) is 39.1 Å². The lowest BCUT2D eigenvalue weighted by atomic mass is 10.1. The molecule has 1 heterocycles. The van der Waals surface area contributed by atoms with E-state index in [1.54, 1.807) is 0 Å². The molecule has 0 amide bonds. The molecule has 1 aliphatic heterocycles. The average molecular weight is 139 g/mol. The van der Waals surface area contributed by atoms with Gasteiger partial charge >= 0.3 is 0 Å². The van der Waals surface area contributed by atoms with E-state index < -0.39 is 0 Å². The average Bonchev–Trinajstić information content (AvgIpc) is 2.03. The van der Waals surface area contributed by atoms with Gasteiger partial charge in [-0.15, -0.1) is 0 Å². The Labute approximate surface area is 61.6 Å². The molecule has 0 spiro atoms. The molecule has 3 nitrogen and oxygen atoms in total. The van der Waals surface area contributed by atoms with Crippen LogP contribution >= 0.6 is 0 Å². The third kappa shape index (κ3) is 2.24. The van der Waals surface area contributed by atoms with Crippen molar-refractivity contribution in [2.75, 3.05) is 19.8 Å². The van der Waals surface area contributed by atoms with Crippen LogP contribution in [0.3, 0.4) is 0 Å². The lowest BCUT2D eigenvalue weighted by Crippen LogP contribution is -2.36. The van der Waals surface area contributed by atoms with Crippen molar-refractivity contribution in [2.45, 2.75) is 19.3 Å². The molecule has 0 aliphatic carbocycles. The van der Waals surface area contributed by atoms with Crippen molar-refractivity contribution in [3.63, 3.8) is 0 Å². The van der Waals surface area contributed by atoms with Crippen molar-refractivity contribution >= 4 is 0 Å². The highest BCUT2D eigenvalue weighted by atomic mass is 15.2. The molecule has 1 saturated heterocycles. The van der Waals surface area contributed by atoms with Crippen molar-refractivity contribution < 1.29 is 0 Å². The van der Waals surface area contributed by atoms with Crippen LogP contribution < -0.4 is 5.32 Å². The Morgan fingerprint density at radius 3 is 2.60 bits per heavy atom. The summed E-state index contributed by atoms with van der Waals surface area (Å²) in [5.41, 5.74) is 0. The maximum absolute atomic E-state index is 8.21. The highest BCUT2D eigenvalue weighted by Crippen LogP contribution is 2.06. The predicted octanol–water partition coefficient (Wildman–Crippen LogP) is 0.500. The summed E-state index contributed by atoms with van der Waals surface area (Å²) >= 11 is 0. The van der Waals surface area contributed by atoms with Gasteiger partial charge in [-0.3, -0.25) is 4.90 Å². The third-order valence-corrected chi connectivity index (χ3v) is 1.83. The van der Waals surface area contributed by atoms with Crippen LogP contribution in [0.4, 0.5) is 0 Å². The minimum Gasteiger partial charge on any atom is -0.310 e. The molecule has 1 aliphatic rings. The molecular weight excluding hydrogens is 126 g/mol. The monoisotopic (exact) mass is 139 g/mol. The van der Waals surface area contributed by atoms with Gasteiger partial charge in [-0.1, -0.05) is 6.42 Å². The molecular formula is C7H13N3. The van der Waals surface area contributed by atoms with Gasteiger partial charge in [0.15, 0.2) is 6.19 Å². The van der Waals surface area contributed by atoms with Crippen LogP contribution in [0.15, 0.2) is 0 Å². The molecule has 10 heavy (non-hydrogen) atoms. The van der Waals surface area contributed by atoms with Gasteiger partial charge in [0.25, 0.3) is 0 Å². The molecule has 0 unspecified atom stereocenters. The summed E-state index contributed by atoms with van der Waals surface area (Å²) in [6.45, 7) is 3.03. The Bertz CT molecular complexity index is 121. The highest BCUT2D eigenvalue weighted by molar-refractivity contribution is 4.68. The lowest BCUT2D eigenvalue weighted by Gasteiger charge is -2.25. The Balaban J connectivity index is 2.09. The Morgan fingerprint density at radius 1 is 1.30 bits per heavy atom. The minimum atomic E-state index is 0.733. The molecule has 0 aromatic heterocycles. The van der Waals surface area contributed by atoms with Crippen LogP contribution in [0.1, 0.15) is 19.3 Å². The minimum absolute atomic E-state index is 0.733. The van der Waals surface area contributed by atoms with Crippen molar-refractivity contribution in [3.05, 3.63) is 0 Å². The fourth-order valence-corrected chi connectivity index (χ4v) is 1.26. The first-order chi connectivity index (χ1) is 4.93. The first-order valence-corrected chi connectivity index (χ1v) is 3.78. The standard InChI is InChI=1S/C7H13N3/c8-6-9-7-10-4-2-1-3-5-10/h9H,1-5,7H2. The smallest absolute Gasteiger partial charge is 0.177 e. The largest absolute Gasteiger partial charge is 0.310 e. The van der Waals surface area contributed by atoms with E-state index >= 15 is 0 Å². The van der Waals surface area contributed by atoms with E-state index in [0.29, 0.717) is 0 Å². The van der Waals surface area contributed by atoms with Gasteiger partial charge in [0.1, 0.15) is 0 Å². The third-order valence-electron chi connectivity index (χ3n) is 1.83. The van der Waals surface area contributed by atoms with E-state index in [4.69, 9.17) is 5.26 Å². The number of piperidine rings is 1. The fraction of sp³-hybridized carbons (Fsp3) is 0.857. The summed E-state index contributed by atoms with van der Waals surface area (Å²) in [6, 6.07) is 0. The zero-order valence-corrected chi connectivity index (χ0v) is 6.14. The predicted molar refractivity (Wildman–Crippen MR) is 39.0 cm³/mol. The van der Waals surface area contributed by atoms with Gasteiger partial charge in [-0.25, -0.2) is 0 Å². The molecule has 1 N–H and O–H groups in total. The molecule has 56 valence electrons. The van der Waals surface area contributed by atoms with Gasteiger partial charge in [0.05, 0.1) is 6.67 Å². The number of nitrogens with one attached hydrogen (secondary N) is 1. The van der Waals surface area contributed by atoms with Crippen LogP contribution in [0.25, 0.3) is 0 Å². The van der Waals surface area contributed by atoms with Crippen LogP contribution in [0.5, 0.6) is 0 Å². The van der Waals surface area contributed by atoms with Gasteiger partial charge in [0, 0.05) is 0 Å². The van der Waals surface area contributed by atoms with Gasteiger partial charge in [-0.2, -0.15) is 5.26 Å². The molecule has 0 bridgehead atoms. The molecule has 0 radical (unpaired) electrons. The maximum atomic E-state index is 8.21. The second kappa shape index (κ2) is 4.13. The van der Waals surface area contributed by atoms with Crippen LogP contribution in [0, 0.1) is 11.5 Å².